The third-order valence-electron chi connectivity index (χ3n) is 2.28. The van der Waals surface area contributed by atoms with Gasteiger partial charge < -0.3 is 10.6 Å². The van der Waals surface area contributed by atoms with E-state index in [-0.39, 0.29) is 11.4 Å². The average Bonchev–Trinajstić information content (AvgIpc) is 2.21. The van der Waals surface area contributed by atoms with Gasteiger partial charge in [0.15, 0.2) is 0 Å². The zero-order chi connectivity index (χ0) is 14.6. The Morgan fingerprint density at radius 3 is 2.16 bits per heavy atom. The fourth-order valence-electron chi connectivity index (χ4n) is 1.41. The van der Waals surface area contributed by atoms with Gasteiger partial charge in [0, 0.05) is 23.5 Å². The zero-order valence-electron chi connectivity index (χ0n) is 11.1. The second-order valence-corrected chi connectivity index (χ2v) is 6.47. The van der Waals surface area contributed by atoms with Gasteiger partial charge in [-0.05, 0) is 32.9 Å². The third kappa shape index (κ3) is 6.00. The number of carbonyl (C=O) groups excluding carboxylic acids is 1. The lowest BCUT2D eigenvalue weighted by molar-refractivity contribution is -0.116. The number of anilines is 1. The summed E-state index contributed by atoms with van der Waals surface area (Å²) in [5.41, 5.74) is 0.379. The third-order valence-corrected chi connectivity index (χ3v) is 3.09. The largest absolute Gasteiger partial charge is 0.324 e. The van der Waals surface area contributed by atoms with E-state index in [9.17, 15) is 4.79 Å². The Labute approximate surface area is 128 Å². The van der Waals surface area contributed by atoms with E-state index in [2.05, 4.69) is 10.6 Å². The predicted molar refractivity (Wildman–Crippen MR) is 82.5 cm³/mol. The molecular weight excluding hydrogens is 307 g/mol. The maximum atomic E-state index is 11.8. The summed E-state index contributed by atoms with van der Waals surface area (Å²) >= 11 is 17.8. The van der Waals surface area contributed by atoms with Gasteiger partial charge in [0.2, 0.25) is 5.91 Å². The Morgan fingerprint density at radius 2 is 1.68 bits per heavy atom. The number of hydrogen-bond acceptors (Lipinski definition) is 2. The van der Waals surface area contributed by atoms with Crippen LogP contribution in [0.2, 0.25) is 15.1 Å². The van der Waals surface area contributed by atoms with Crippen molar-refractivity contribution < 1.29 is 4.79 Å². The SMILES string of the molecule is CC(C)(C)NCCC(=O)Nc1c(Cl)cc(Cl)cc1Cl. The smallest absolute Gasteiger partial charge is 0.225 e. The fraction of sp³-hybridized carbons (Fsp3) is 0.462. The van der Waals surface area contributed by atoms with Gasteiger partial charge in [-0.3, -0.25) is 4.79 Å². The Balaban J connectivity index is 2.58. The predicted octanol–water partition coefficient (Wildman–Crippen LogP) is 4.36. The maximum absolute atomic E-state index is 11.8. The molecule has 106 valence electrons. The number of hydrogen-bond donors (Lipinski definition) is 2. The van der Waals surface area contributed by atoms with Crippen LogP contribution in [0, 0.1) is 0 Å². The molecule has 0 heterocycles. The van der Waals surface area contributed by atoms with Gasteiger partial charge in [-0.2, -0.15) is 0 Å². The van der Waals surface area contributed by atoms with Crippen molar-refractivity contribution in [2.75, 3.05) is 11.9 Å². The van der Waals surface area contributed by atoms with Gasteiger partial charge in [0.25, 0.3) is 0 Å². The van der Waals surface area contributed by atoms with E-state index >= 15 is 0 Å². The van der Waals surface area contributed by atoms with Crippen LogP contribution in [0.4, 0.5) is 5.69 Å². The molecule has 2 N–H and O–H groups in total. The molecule has 1 amide bonds. The minimum absolute atomic E-state index is 0.0180. The summed E-state index contributed by atoms with van der Waals surface area (Å²) in [4.78, 5) is 11.8. The summed E-state index contributed by atoms with van der Waals surface area (Å²) in [6, 6.07) is 3.08. The van der Waals surface area contributed by atoms with Gasteiger partial charge in [0.1, 0.15) is 0 Å². The molecule has 0 bridgehead atoms. The first-order valence-electron chi connectivity index (χ1n) is 5.88. The second kappa shape index (κ2) is 6.80. The van der Waals surface area contributed by atoms with Crippen molar-refractivity contribution >= 4 is 46.4 Å². The summed E-state index contributed by atoms with van der Waals surface area (Å²) in [6.45, 7) is 6.70. The Hall–Kier alpha value is -0.480. The van der Waals surface area contributed by atoms with E-state index in [1.54, 1.807) is 0 Å². The number of amides is 1. The molecule has 0 aliphatic heterocycles. The highest BCUT2D eigenvalue weighted by Gasteiger charge is 2.13. The van der Waals surface area contributed by atoms with Gasteiger partial charge in [-0.1, -0.05) is 34.8 Å². The van der Waals surface area contributed by atoms with Crippen LogP contribution in [0.1, 0.15) is 27.2 Å². The molecule has 6 heteroatoms. The second-order valence-electron chi connectivity index (χ2n) is 5.22. The molecule has 0 aliphatic rings. The molecule has 19 heavy (non-hydrogen) atoms. The summed E-state index contributed by atoms with van der Waals surface area (Å²) in [5, 5.41) is 7.01. The lowest BCUT2D eigenvalue weighted by Gasteiger charge is -2.20. The van der Waals surface area contributed by atoms with Crippen molar-refractivity contribution in [1.82, 2.24) is 5.32 Å². The number of carbonyl (C=O) groups is 1. The molecule has 0 fully saturated rings. The van der Waals surface area contributed by atoms with E-state index in [0.717, 1.165) is 0 Å². The van der Waals surface area contributed by atoms with Gasteiger partial charge in [-0.15, -0.1) is 0 Å². The Kier molecular flexibility index (Phi) is 5.93. The summed E-state index contributed by atoms with van der Waals surface area (Å²) in [6.07, 6.45) is 0.340. The van der Waals surface area contributed by atoms with Gasteiger partial charge in [-0.25, -0.2) is 0 Å². The minimum atomic E-state index is -0.150. The highest BCUT2D eigenvalue weighted by atomic mass is 35.5. The minimum Gasteiger partial charge on any atom is -0.324 e. The molecule has 3 nitrogen and oxygen atoms in total. The molecule has 1 rings (SSSR count). The molecule has 0 spiro atoms. The summed E-state index contributed by atoms with van der Waals surface area (Å²) in [5.74, 6) is -0.150. The molecule has 0 saturated carbocycles. The molecule has 1 aromatic carbocycles. The molecule has 0 aromatic heterocycles. The van der Waals surface area contributed by atoms with Gasteiger partial charge >= 0.3 is 0 Å². The number of halogens is 3. The number of nitrogens with one attached hydrogen (secondary N) is 2. The first-order valence-corrected chi connectivity index (χ1v) is 7.02. The van der Waals surface area contributed by atoms with Gasteiger partial charge in [0.05, 0.1) is 15.7 Å². The highest BCUT2D eigenvalue weighted by Crippen LogP contribution is 2.33. The summed E-state index contributed by atoms with van der Waals surface area (Å²) < 4.78 is 0. The number of benzene rings is 1. The lowest BCUT2D eigenvalue weighted by atomic mass is 10.1. The molecule has 1 aromatic rings. The van der Waals surface area contributed by atoms with Crippen LogP contribution < -0.4 is 10.6 Å². The Morgan fingerprint density at radius 1 is 1.16 bits per heavy atom. The topological polar surface area (TPSA) is 41.1 Å². The standard InChI is InChI=1S/C13H17Cl3N2O/c1-13(2,3)17-5-4-11(19)18-12-9(15)6-8(14)7-10(12)16/h6-7,17H,4-5H2,1-3H3,(H,18,19). The van der Waals surface area contributed by atoms with Crippen LogP contribution in [-0.4, -0.2) is 18.0 Å². The van der Waals surface area contributed by atoms with Crippen LogP contribution in [0.25, 0.3) is 0 Å². The van der Waals surface area contributed by atoms with Crippen molar-refractivity contribution in [3.63, 3.8) is 0 Å². The first-order chi connectivity index (χ1) is 8.69. The van der Waals surface area contributed by atoms with E-state index in [4.69, 9.17) is 34.8 Å². The van der Waals surface area contributed by atoms with Crippen molar-refractivity contribution in [2.45, 2.75) is 32.7 Å². The van der Waals surface area contributed by atoms with Crippen LogP contribution in [-0.2, 0) is 4.79 Å². The van der Waals surface area contributed by atoms with E-state index in [0.29, 0.717) is 33.7 Å². The molecular formula is C13H17Cl3N2O. The van der Waals surface area contributed by atoms with Crippen molar-refractivity contribution in [2.24, 2.45) is 0 Å². The van der Waals surface area contributed by atoms with Crippen LogP contribution in [0.5, 0.6) is 0 Å². The van der Waals surface area contributed by atoms with Crippen molar-refractivity contribution in [3.05, 3.63) is 27.2 Å². The van der Waals surface area contributed by atoms with Crippen LogP contribution in [0.15, 0.2) is 12.1 Å². The molecule has 0 aliphatic carbocycles. The molecule has 0 unspecified atom stereocenters. The number of rotatable bonds is 4. The fourth-order valence-corrected chi connectivity index (χ4v) is 2.33. The van der Waals surface area contributed by atoms with E-state index in [1.807, 2.05) is 20.8 Å². The van der Waals surface area contributed by atoms with Crippen LogP contribution in [0.3, 0.4) is 0 Å². The lowest BCUT2D eigenvalue weighted by Crippen LogP contribution is -2.37. The molecule has 0 saturated heterocycles. The Bertz CT molecular complexity index is 446. The zero-order valence-corrected chi connectivity index (χ0v) is 13.4. The van der Waals surface area contributed by atoms with E-state index < -0.39 is 0 Å². The van der Waals surface area contributed by atoms with Crippen molar-refractivity contribution in [1.29, 1.82) is 0 Å². The first kappa shape index (κ1) is 16.6. The molecule has 0 atom stereocenters. The average molecular weight is 324 g/mol. The quantitative estimate of drug-likeness (QED) is 0.864. The van der Waals surface area contributed by atoms with Crippen molar-refractivity contribution in [3.8, 4) is 0 Å². The molecule has 0 radical (unpaired) electrons. The summed E-state index contributed by atoms with van der Waals surface area (Å²) in [7, 11) is 0. The highest BCUT2D eigenvalue weighted by molar-refractivity contribution is 6.42. The monoisotopic (exact) mass is 322 g/mol. The normalized spacial score (nSPS) is 11.5. The van der Waals surface area contributed by atoms with Crippen LogP contribution >= 0.6 is 34.8 Å². The maximum Gasteiger partial charge on any atom is 0.225 e. The van der Waals surface area contributed by atoms with E-state index in [1.165, 1.54) is 12.1 Å².